The van der Waals surface area contributed by atoms with Gasteiger partial charge in [0, 0.05) is 18.1 Å². The Morgan fingerprint density at radius 3 is 3.00 bits per heavy atom. The van der Waals surface area contributed by atoms with Crippen LogP contribution in [-0.2, 0) is 0 Å². The van der Waals surface area contributed by atoms with Crippen molar-refractivity contribution in [1.29, 1.82) is 0 Å². The number of rotatable bonds is 4. The zero-order chi connectivity index (χ0) is 12.3. The molecule has 90 valence electrons. The Kier molecular flexibility index (Phi) is 3.26. The maximum atomic E-state index is 9.74. The highest BCUT2D eigenvalue weighted by Crippen LogP contribution is 2.19. The van der Waals surface area contributed by atoms with E-state index in [1.54, 1.807) is 13.1 Å². The molecule has 0 radical (unpaired) electrons. The van der Waals surface area contributed by atoms with Gasteiger partial charge in [-0.2, -0.15) is 0 Å². The second-order valence-corrected chi connectivity index (χ2v) is 4.35. The van der Waals surface area contributed by atoms with Gasteiger partial charge >= 0.3 is 0 Å². The van der Waals surface area contributed by atoms with E-state index in [9.17, 15) is 5.11 Å². The highest BCUT2D eigenvalue weighted by atomic mass is 16.5. The van der Waals surface area contributed by atoms with Crippen molar-refractivity contribution in [3.63, 3.8) is 0 Å². The van der Waals surface area contributed by atoms with E-state index in [2.05, 4.69) is 4.98 Å². The summed E-state index contributed by atoms with van der Waals surface area (Å²) in [5.74, 6) is 0.708. The molecule has 0 bridgehead atoms. The van der Waals surface area contributed by atoms with Crippen LogP contribution in [0.2, 0.25) is 0 Å². The van der Waals surface area contributed by atoms with E-state index in [0.717, 1.165) is 10.9 Å². The molecule has 0 spiro atoms. The molecule has 0 aliphatic rings. The van der Waals surface area contributed by atoms with Crippen molar-refractivity contribution in [3.8, 4) is 5.75 Å². The number of ether oxygens (including phenoxy) is 1. The summed E-state index contributed by atoms with van der Waals surface area (Å²) in [5, 5.41) is 10.7. The molecule has 0 amide bonds. The summed E-state index contributed by atoms with van der Waals surface area (Å²) in [5.41, 5.74) is 5.35. The lowest BCUT2D eigenvalue weighted by atomic mass is 10.1. The fourth-order valence-corrected chi connectivity index (χ4v) is 1.44. The van der Waals surface area contributed by atoms with Crippen LogP contribution in [0.3, 0.4) is 0 Å². The van der Waals surface area contributed by atoms with Gasteiger partial charge in [0.05, 0.1) is 5.52 Å². The molecular weight excluding hydrogens is 216 g/mol. The van der Waals surface area contributed by atoms with Gasteiger partial charge in [0.25, 0.3) is 0 Å². The number of pyridine rings is 1. The van der Waals surface area contributed by atoms with Gasteiger partial charge in [-0.15, -0.1) is 0 Å². The highest BCUT2D eigenvalue weighted by Gasteiger charge is 2.18. The fourth-order valence-electron chi connectivity index (χ4n) is 1.44. The van der Waals surface area contributed by atoms with Crippen LogP contribution in [0, 0.1) is 0 Å². The number of aliphatic hydroxyl groups is 1. The Labute approximate surface area is 100 Å². The van der Waals surface area contributed by atoms with E-state index in [4.69, 9.17) is 10.5 Å². The van der Waals surface area contributed by atoms with Crippen molar-refractivity contribution < 1.29 is 9.84 Å². The summed E-state index contributed by atoms with van der Waals surface area (Å²) in [4.78, 5) is 4.22. The first-order valence-electron chi connectivity index (χ1n) is 5.51. The lowest BCUT2D eigenvalue weighted by Gasteiger charge is -2.21. The van der Waals surface area contributed by atoms with Crippen LogP contribution in [0.25, 0.3) is 10.9 Å². The van der Waals surface area contributed by atoms with Gasteiger partial charge in [-0.25, -0.2) is 0 Å². The monoisotopic (exact) mass is 232 g/mol. The standard InChI is InChI=1S/C13H16N2O2/c1-13(16,8-14)9-17-11-4-5-12-10(7-11)3-2-6-15-12/h2-7,16H,8-9,14H2,1H3. The molecule has 4 heteroatoms. The van der Waals surface area contributed by atoms with Crippen LogP contribution in [0.5, 0.6) is 5.75 Å². The molecule has 1 atom stereocenters. The number of hydrogen-bond donors (Lipinski definition) is 2. The van der Waals surface area contributed by atoms with E-state index in [0.29, 0.717) is 5.75 Å². The quantitative estimate of drug-likeness (QED) is 0.834. The van der Waals surface area contributed by atoms with Gasteiger partial charge in [0.2, 0.25) is 0 Å². The number of aromatic nitrogens is 1. The summed E-state index contributed by atoms with van der Waals surface area (Å²) >= 11 is 0. The smallest absolute Gasteiger partial charge is 0.120 e. The van der Waals surface area contributed by atoms with Crippen molar-refractivity contribution in [3.05, 3.63) is 36.5 Å². The topological polar surface area (TPSA) is 68.4 Å². The van der Waals surface area contributed by atoms with E-state index in [1.165, 1.54) is 0 Å². The second-order valence-electron chi connectivity index (χ2n) is 4.35. The van der Waals surface area contributed by atoms with Crippen molar-refractivity contribution in [2.75, 3.05) is 13.2 Å². The minimum absolute atomic E-state index is 0.169. The summed E-state index contributed by atoms with van der Waals surface area (Å²) in [6.45, 7) is 1.99. The van der Waals surface area contributed by atoms with Gasteiger partial charge in [-0.05, 0) is 31.2 Å². The second kappa shape index (κ2) is 4.69. The molecule has 0 saturated carbocycles. The SMILES string of the molecule is CC(O)(CN)COc1ccc2ncccc2c1. The molecule has 1 heterocycles. The molecule has 1 aromatic heterocycles. The maximum absolute atomic E-state index is 9.74. The third kappa shape index (κ3) is 2.93. The molecule has 4 nitrogen and oxygen atoms in total. The lowest BCUT2D eigenvalue weighted by Crippen LogP contribution is -2.40. The van der Waals surface area contributed by atoms with Crippen LogP contribution < -0.4 is 10.5 Å². The minimum atomic E-state index is -0.996. The summed E-state index contributed by atoms with van der Waals surface area (Å²) in [6, 6.07) is 9.47. The van der Waals surface area contributed by atoms with Gasteiger partial charge in [0.1, 0.15) is 18.0 Å². The van der Waals surface area contributed by atoms with Crippen LogP contribution in [-0.4, -0.2) is 28.8 Å². The predicted octanol–water partition coefficient (Wildman–Crippen LogP) is 1.32. The molecule has 0 fully saturated rings. The molecular formula is C13H16N2O2. The number of hydrogen-bond acceptors (Lipinski definition) is 4. The Hall–Kier alpha value is -1.65. The Morgan fingerprint density at radius 2 is 2.24 bits per heavy atom. The van der Waals surface area contributed by atoms with Crippen molar-refractivity contribution >= 4 is 10.9 Å². The van der Waals surface area contributed by atoms with Crippen molar-refractivity contribution in [1.82, 2.24) is 4.98 Å². The summed E-state index contributed by atoms with van der Waals surface area (Å²) < 4.78 is 5.51. The van der Waals surface area contributed by atoms with Gasteiger partial charge < -0.3 is 15.6 Å². The lowest BCUT2D eigenvalue weighted by molar-refractivity contribution is 0.0196. The van der Waals surface area contributed by atoms with E-state index < -0.39 is 5.60 Å². The molecule has 1 aromatic carbocycles. The Bertz CT molecular complexity index is 512. The van der Waals surface area contributed by atoms with Gasteiger partial charge in [-0.3, -0.25) is 4.98 Å². The fraction of sp³-hybridized carbons (Fsp3) is 0.308. The van der Waals surface area contributed by atoms with E-state index in [-0.39, 0.29) is 13.2 Å². The molecule has 2 rings (SSSR count). The van der Waals surface area contributed by atoms with Crippen molar-refractivity contribution in [2.24, 2.45) is 5.73 Å². The predicted molar refractivity (Wildman–Crippen MR) is 66.9 cm³/mol. The van der Waals surface area contributed by atoms with E-state index >= 15 is 0 Å². The molecule has 2 aromatic rings. The van der Waals surface area contributed by atoms with Crippen LogP contribution >= 0.6 is 0 Å². The first-order chi connectivity index (χ1) is 8.11. The number of nitrogens with zero attached hydrogens (tertiary/aromatic N) is 1. The average Bonchev–Trinajstić information content (AvgIpc) is 2.36. The molecule has 0 aliphatic heterocycles. The van der Waals surface area contributed by atoms with Gasteiger partial charge in [0.15, 0.2) is 0 Å². The van der Waals surface area contributed by atoms with Crippen LogP contribution in [0.15, 0.2) is 36.5 Å². The minimum Gasteiger partial charge on any atom is -0.491 e. The van der Waals surface area contributed by atoms with E-state index in [1.807, 2.05) is 30.3 Å². The summed E-state index contributed by atoms with van der Waals surface area (Å²) in [7, 11) is 0. The highest BCUT2D eigenvalue weighted by molar-refractivity contribution is 5.79. The van der Waals surface area contributed by atoms with Crippen LogP contribution in [0.4, 0.5) is 0 Å². The third-order valence-corrected chi connectivity index (χ3v) is 2.56. The molecule has 0 aliphatic carbocycles. The molecule has 3 N–H and O–H groups in total. The number of benzene rings is 1. The molecule has 1 unspecified atom stereocenters. The molecule has 0 saturated heterocycles. The maximum Gasteiger partial charge on any atom is 0.120 e. The molecule has 17 heavy (non-hydrogen) atoms. The van der Waals surface area contributed by atoms with Crippen molar-refractivity contribution in [2.45, 2.75) is 12.5 Å². The largest absolute Gasteiger partial charge is 0.491 e. The average molecular weight is 232 g/mol. The third-order valence-electron chi connectivity index (χ3n) is 2.56. The first kappa shape index (κ1) is 11.8. The zero-order valence-corrected chi connectivity index (χ0v) is 9.76. The zero-order valence-electron chi connectivity index (χ0n) is 9.76. The summed E-state index contributed by atoms with van der Waals surface area (Å²) in [6.07, 6.45) is 1.75. The first-order valence-corrected chi connectivity index (χ1v) is 5.51. The Balaban J connectivity index is 2.14. The normalized spacial score (nSPS) is 14.5. The van der Waals surface area contributed by atoms with Crippen LogP contribution in [0.1, 0.15) is 6.92 Å². The number of fused-ring (bicyclic) bond motifs is 1. The Morgan fingerprint density at radius 1 is 1.41 bits per heavy atom. The van der Waals surface area contributed by atoms with Gasteiger partial charge in [-0.1, -0.05) is 6.07 Å². The number of nitrogens with two attached hydrogens (primary N) is 1.